The van der Waals surface area contributed by atoms with Crippen molar-refractivity contribution in [3.05, 3.63) is 57.6 Å². The van der Waals surface area contributed by atoms with E-state index in [1.807, 2.05) is 32.0 Å². The van der Waals surface area contributed by atoms with Crippen LogP contribution in [0.1, 0.15) is 37.8 Å². The molecule has 2 aromatic carbocycles. The largest absolute Gasteiger partial charge is 0.454 e. The Kier molecular flexibility index (Phi) is 8.04. The van der Waals surface area contributed by atoms with Gasteiger partial charge >= 0.3 is 0 Å². The van der Waals surface area contributed by atoms with Gasteiger partial charge in [0.15, 0.2) is 11.5 Å². The Morgan fingerprint density at radius 1 is 1.10 bits per heavy atom. The van der Waals surface area contributed by atoms with Crippen molar-refractivity contribution in [2.75, 3.05) is 13.3 Å². The number of hydrogen-bond acceptors (Lipinski definition) is 4. The van der Waals surface area contributed by atoms with Crippen molar-refractivity contribution in [3.63, 3.8) is 0 Å². The van der Waals surface area contributed by atoms with Gasteiger partial charge in [0, 0.05) is 35.1 Å². The van der Waals surface area contributed by atoms with Gasteiger partial charge in [-0.15, -0.1) is 0 Å². The van der Waals surface area contributed by atoms with E-state index in [2.05, 4.69) is 5.32 Å². The third kappa shape index (κ3) is 5.63. The van der Waals surface area contributed by atoms with Crippen LogP contribution in [-0.4, -0.2) is 36.1 Å². The van der Waals surface area contributed by atoms with Crippen LogP contribution in [0.15, 0.2) is 36.4 Å². The molecule has 0 saturated carbocycles. The maximum atomic E-state index is 13.3. The number of amides is 2. The number of likely N-dealkylation sites (N-methyl/N-ethyl adjacent to an activating group) is 1. The van der Waals surface area contributed by atoms with Crippen molar-refractivity contribution >= 4 is 35.0 Å². The van der Waals surface area contributed by atoms with Gasteiger partial charge in [0.1, 0.15) is 6.04 Å². The Hall–Kier alpha value is -2.44. The fourth-order valence-corrected chi connectivity index (χ4v) is 4.07. The van der Waals surface area contributed by atoms with Crippen LogP contribution in [0.5, 0.6) is 11.5 Å². The van der Waals surface area contributed by atoms with Gasteiger partial charge in [0.25, 0.3) is 0 Å². The minimum Gasteiger partial charge on any atom is -0.454 e. The minimum atomic E-state index is -0.614. The van der Waals surface area contributed by atoms with Crippen LogP contribution in [0, 0.1) is 0 Å². The highest BCUT2D eigenvalue weighted by molar-refractivity contribution is 6.36. The van der Waals surface area contributed by atoms with Crippen molar-refractivity contribution in [3.8, 4) is 11.5 Å². The van der Waals surface area contributed by atoms with Crippen molar-refractivity contribution in [1.82, 2.24) is 10.2 Å². The first-order valence-corrected chi connectivity index (χ1v) is 11.1. The highest BCUT2D eigenvalue weighted by Crippen LogP contribution is 2.33. The van der Waals surface area contributed by atoms with Gasteiger partial charge in [-0.2, -0.15) is 0 Å². The molecule has 0 fully saturated rings. The van der Waals surface area contributed by atoms with E-state index in [0.29, 0.717) is 46.5 Å². The quantitative estimate of drug-likeness (QED) is 0.588. The maximum Gasteiger partial charge on any atom is 0.242 e. The lowest BCUT2D eigenvalue weighted by atomic mass is 10.1. The number of fused-ring (bicyclic) bond motifs is 1. The van der Waals surface area contributed by atoms with Gasteiger partial charge in [0.2, 0.25) is 18.6 Å². The molecule has 2 aromatic rings. The van der Waals surface area contributed by atoms with Crippen LogP contribution in [0.25, 0.3) is 0 Å². The predicted molar refractivity (Wildman–Crippen MR) is 121 cm³/mol. The monoisotopic (exact) mass is 464 g/mol. The number of aryl methyl sites for hydroxylation is 1. The normalized spacial score (nSPS) is 13.0. The Labute approximate surface area is 192 Å². The van der Waals surface area contributed by atoms with Crippen LogP contribution in [0.2, 0.25) is 10.0 Å². The van der Waals surface area contributed by atoms with Crippen LogP contribution >= 0.6 is 23.2 Å². The van der Waals surface area contributed by atoms with Crippen LogP contribution in [-0.2, 0) is 22.6 Å². The summed E-state index contributed by atoms with van der Waals surface area (Å²) in [6, 6.07) is 10.2. The Bertz CT molecular complexity index is 931. The summed E-state index contributed by atoms with van der Waals surface area (Å²) in [5.41, 5.74) is 1.59. The molecule has 0 aromatic heterocycles. The maximum absolute atomic E-state index is 13.3. The summed E-state index contributed by atoms with van der Waals surface area (Å²) < 4.78 is 10.7. The van der Waals surface area contributed by atoms with Gasteiger partial charge in [-0.25, -0.2) is 0 Å². The fraction of sp³-hybridized carbons (Fsp3) is 0.391. The molecule has 6 nitrogen and oxygen atoms in total. The van der Waals surface area contributed by atoms with Gasteiger partial charge in [0.05, 0.1) is 0 Å². The molecule has 2 amide bonds. The first kappa shape index (κ1) is 23.2. The van der Waals surface area contributed by atoms with E-state index in [0.717, 1.165) is 5.56 Å². The average Bonchev–Trinajstić information content (AvgIpc) is 3.22. The average molecular weight is 465 g/mol. The number of carbonyl (C=O) groups excluding carboxylic acids is 2. The predicted octanol–water partition coefficient (Wildman–Crippen LogP) is 4.60. The van der Waals surface area contributed by atoms with Gasteiger partial charge in [-0.3, -0.25) is 9.59 Å². The Morgan fingerprint density at radius 3 is 2.48 bits per heavy atom. The molecule has 0 aliphatic carbocycles. The lowest BCUT2D eigenvalue weighted by molar-refractivity contribution is -0.141. The molecule has 1 atom stereocenters. The molecule has 1 aliphatic heterocycles. The second-order valence-corrected chi connectivity index (χ2v) is 8.04. The standard InChI is InChI=1S/C23H26Cl2N2O4/c1-3-19(23(29)26-4-2)27(13-16-17(24)6-5-7-18(16)25)22(28)11-9-15-8-10-20-21(12-15)31-14-30-20/h5-8,10,12,19H,3-4,9,11,13-14H2,1-2H3,(H,26,29)/t19-/m1/s1. The number of carbonyl (C=O) groups is 2. The molecular formula is C23H26Cl2N2O4. The molecule has 166 valence electrons. The number of hydrogen-bond donors (Lipinski definition) is 1. The van der Waals surface area contributed by atoms with Crippen molar-refractivity contribution in [1.29, 1.82) is 0 Å². The Morgan fingerprint density at radius 2 is 1.81 bits per heavy atom. The molecular weight excluding hydrogens is 439 g/mol. The van der Waals surface area contributed by atoms with Gasteiger partial charge in [-0.05, 0) is 49.6 Å². The summed E-state index contributed by atoms with van der Waals surface area (Å²) in [4.78, 5) is 27.5. The number of rotatable bonds is 9. The molecule has 1 N–H and O–H groups in total. The van der Waals surface area contributed by atoms with Crippen molar-refractivity contribution < 1.29 is 19.1 Å². The zero-order valence-electron chi connectivity index (χ0n) is 17.6. The van der Waals surface area contributed by atoms with E-state index < -0.39 is 6.04 Å². The molecule has 0 spiro atoms. The molecule has 3 rings (SSSR count). The zero-order valence-corrected chi connectivity index (χ0v) is 19.1. The number of ether oxygens (including phenoxy) is 2. The molecule has 8 heteroatoms. The SMILES string of the molecule is CCNC(=O)[C@@H](CC)N(Cc1c(Cl)cccc1Cl)C(=O)CCc1ccc2c(c1)OCO2. The minimum absolute atomic E-state index is 0.147. The molecule has 1 heterocycles. The molecule has 0 bridgehead atoms. The third-order valence-electron chi connectivity index (χ3n) is 5.19. The third-order valence-corrected chi connectivity index (χ3v) is 5.90. The molecule has 0 unspecified atom stereocenters. The summed E-state index contributed by atoms with van der Waals surface area (Å²) in [6.45, 7) is 4.58. The van der Waals surface area contributed by atoms with Gasteiger partial charge in [-0.1, -0.05) is 42.3 Å². The molecule has 31 heavy (non-hydrogen) atoms. The lowest BCUT2D eigenvalue weighted by Gasteiger charge is -2.31. The number of halogens is 2. The first-order valence-electron chi connectivity index (χ1n) is 10.3. The van der Waals surface area contributed by atoms with Crippen LogP contribution < -0.4 is 14.8 Å². The van der Waals surface area contributed by atoms with E-state index >= 15 is 0 Å². The zero-order chi connectivity index (χ0) is 22.4. The summed E-state index contributed by atoms with van der Waals surface area (Å²) >= 11 is 12.7. The summed E-state index contributed by atoms with van der Waals surface area (Å²) in [7, 11) is 0. The van der Waals surface area contributed by atoms with Gasteiger partial charge < -0.3 is 19.7 Å². The molecule has 1 aliphatic rings. The summed E-state index contributed by atoms with van der Waals surface area (Å²) in [6.07, 6.45) is 1.22. The molecule has 0 saturated heterocycles. The van der Waals surface area contributed by atoms with E-state index in [4.69, 9.17) is 32.7 Å². The van der Waals surface area contributed by atoms with Crippen molar-refractivity contribution in [2.45, 2.75) is 45.7 Å². The van der Waals surface area contributed by atoms with Crippen molar-refractivity contribution in [2.24, 2.45) is 0 Å². The van der Waals surface area contributed by atoms with E-state index in [-0.39, 0.29) is 31.6 Å². The molecule has 0 radical (unpaired) electrons. The van der Waals surface area contributed by atoms with Crippen LogP contribution in [0.4, 0.5) is 0 Å². The number of benzene rings is 2. The van der Waals surface area contributed by atoms with E-state index in [9.17, 15) is 9.59 Å². The first-order chi connectivity index (χ1) is 14.9. The number of nitrogens with one attached hydrogen (secondary N) is 1. The van der Waals surface area contributed by atoms with E-state index in [1.54, 1.807) is 23.1 Å². The topological polar surface area (TPSA) is 67.9 Å². The Balaban J connectivity index is 1.80. The summed E-state index contributed by atoms with van der Waals surface area (Å²) in [5, 5.41) is 3.75. The summed E-state index contributed by atoms with van der Waals surface area (Å²) in [5.74, 6) is 1.04. The lowest BCUT2D eigenvalue weighted by Crippen LogP contribution is -2.49. The van der Waals surface area contributed by atoms with E-state index in [1.165, 1.54) is 0 Å². The highest BCUT2D eigenvalue weighted by atomic mass is 35.5. The second-order valence-electron chi connectivity index (χ2n) is 7.23. The highest BCUT2D eigenvalue weighted by Gasteiger charge is 2.29. The smallest absolute Gasteiger partial charge is 0.242 e. The fourth-order valence-electron chi connectivity index (χ4n) is 3.56. The van der Waals surface area contributed by atoms with Crippen LogP contribution in [0.3, 0.4) is 0 Å². The second kappa shape index (κ2) is 10.7. The number of nitrogens with zero attached hydrogens (tertiary/aromatic N) is 1.